The molecule has 150 valence electrons. The van der Waals surface area contributed by atoms with Crippen LogP contribution in [0.15, 0.2) is 53.6 Å². The Hall–Kier alpha value is -2.86. The number of para-hydroxylation sites is 1. The number of nitrogens with zero attached hydrogens (tertiary/aromatic N) is 2. The Morgan fingerprint density at radius 2 is 1.82 bits per heavy atom. The third-order valence-electron chi connectivity index (χ3n) is 4.56. The van der Waals surface area contributed by atoms with Crippen molar-refractivity contribution in [3.8, 4) is 5.75 Å². The van der Waals surface area contributed by atoms with Crippen LogP contribution in [0.5, 0.6) is 5.75 Å². The van der Waals surface area contributed by atoms with Gasteiger partial charge in [0.1, 0.15) is 5.75 Å². The zero-order valence-electron chi connectivity index (χ0n) is 17.2. The van der Waals surface area contributed by atoms with Gasteiger partial charge in [-0.25, -0.2) is 5.43 Å². The molecule has 0 radical (unpaired) electrons. The molecule has 0 saturated heterocycles. The summed E-state index contributed by atoms with van der Waals surface area (Å²) >= 11 is 0. The molecule has 1 amide bonds. The minimum atomic E-state index is -0.194. The number of amides is 1. The number of hydrogen-bond donors (Lipinski definition) is 2. The summed E-state index contributed by atoms with van der Waals surface area (Å²) in [4.78, 5) is 14.4. The van der Waals surface area contributed by atoms with Crippen LogP contribution in [0.1, 0.15) is 31.9 Å². The second kappa shape index (κ2) is 11.1. The van der Waals surface area contributed by atoms with Crippen molar-refractivity contribution in [1.29, 1.82) is 0 Å². The molecule has 0 saturated carbocycles. The van der Waals surface area contributed by atoms with Crippen LogP contribution in [0.4, 0.5) is 5.69 Å². The fourth-order valence-corrected chi connectivity index (χ4v) is 2.80. The topological polar surface area (TPSA) is 66.0 Å². The first kappa shape index (κ1) is 21.4. The van der Waals surface area contributed by atoms with Crippen molar-refractivity contribution < 1.29 is 9.53 Å². The highest BCUT2D eigenvalue weighted by Gasteiger charge is 2.10. The monoisotopic (exact) mass is 382 g/mol. The van der Waals surface area contributed by atoms with Gasteiger partial charge < -0.3 is 10.1 Å². The first-order chi connectivity index (χ1) is 13.6. The van der Waals surface area contributed by atoms with E-state index in [0.29, 0.717) is 0 Å². The minimum Gasteiger partial charge on any atom is -0.496 e. The van der Waals surface area contributed by atoms with E-state index in [1.807, 2.05) is 49.4 Å². The first-order valence-corrected chi connectivity index (χ1v) is 9.59. The molecule has 0 heterocycles. The van der Waals surface area contributed by atoms with Gasteiger partial charge in [-0.2, -0.15) is 5.10 Å². The van der Waals surface area contributed by atoms with E-state index in [1.165, 1.54) is 0 Å². The average molecular weight is 383 g/mol. The molecule has 0 aliphatic heterocycles. The normalized spacial score (nSPS) is 11.4. The smallest absolute Gasteiger partial charge is 0.259 e. The summed E-state index contributed by atoms with van der Waals surface area (Å²) in [6.07, 6.45) is 0. The van der Waals surface area contributed by atoms with Gasteiger partial charge in [0.25, 0.3) is 5.91 Å². The highest BCUT2D eigenvalue weighted by molar-refractivity contribution is 5.99. The molecule has 0 fully saturated rings. The average Bonchev–Trinajstić information content (AvgIpc) is 2.74. The maximum Gasteiger partial charge on any atom is 0.259 e. The number of carbonyl (C=O) groups is 1. The van der Waals surface area contributed by atoms with E-state index in [1.54, 1.807) is 7.11 Å². The van der Waals surface area contributed by atoms with Crippen LogP contribution in [0.2, 0.25) is 0 Å². The van der Waals surface area contributed by atoms with Crippen LogP contribution in [0.3, 0.4) is 0 Å². The second-order valence-corrected chi connectivity index (χ2v) is 6.44. The Balaban J connectivity index is 2.01. The van der Waals surface area contributed by atoms with Crippen LogP contribution in [0.25, 0.3) is 0 Å². The van der Waals surface area contributed by atoms with E-state index < -0.39 is 0 Å². The van der Waals surface area contributed by atoms with Crippen LogP contribution in [-0.2, 0) is 11.3 Å². The number of hydrogen-bond acceptors (Lipinski definition) is 5. The molecule has 28 heavy (non-hydrogen) atoms. The zero-order valence-corrected chi connectivity index (χ0v) is 17.2. The molecule has 0 aliphatic rings. The quantitative estimate of drug-likeness (QED) is 0.488. The molecule has 2 aromatic carbocycles. The van der Waals surface area contributed by atoms with Crippen molar-refractivity contribution >= 4 is 17.3 Å². The molecule has 0 aromatic heterocycles. The van der Waals surface area contributed by atoms with Crippen molar-refractivity contribution in [2.24, 2.45) is 5.10 Å². The minimum absolute atomic E-state index is 0.163. The summed E-state index contributed by atoms with van der Waals surface area (Å²) < 4.78 is 5.50. The van der Waals surface area contributed by atoms with Gasteiger partial charge in [0.05, 0.1) is 19.4 Å². The van der Waals surface area contributed by atoms with Crippen molar-refractivity contribution in [3.63, 3.8) is 0 Å². The number of carbonyl (C=O) groups excluding carboxylic acids is 1. The molecular formula is C22H30N4O2. The largest absolute Gasteiger partial charge is 0.496 e. The van der Waals surface area contributed by atoms with E-state index in [0.717, 1.165) is 47.9 Å². The van der Waals surface area contributed by atoms with E-state index in [2.05, 4.69) is 40.7 Å². The van der Waals surface area contributed by atoms with Gasteiger partial charge in [0.15, 0.2) is 0 Å². The number of ether oxygens (including phenoxy) is 1. The molecule has 2 N–H and O–H groups in total. The van der Waals surface area contributed by atoms with Crippen LogP contribution >= 0.6 is 0 Å². The van der Waals surface area contributed by atoms with Gasteiger partial charge in [0.2, 0.25) is 0 Å². The number of rotatable bonds is 10. The first-order valence-electron chi connectivity index (χ1n) is 9.59. The maximum absolute atomic E-state index is 12.0. The van der Waals surface area contributed by atoms with Crippen molar-refractivity contribution in [3.05, 3.63) is 59.7 Å². The summed E-state index contributed by atoms with van der Waals surface area (Å²) in [5.41, 5.74) is 6.32. The van der Waals surface area contributed by atoms with E-state index in [-0.39, 0.29) is 12.5 Å². The highest BCUT2D eigenvalue weighted by Crippen LogP contribution is 2.22. The van der Waals surface area contributed by atoms with Gasteiger partial charge in [-0.05, 0) is 55.9 Å². The Kier molecular flexibility index (Phi) is 8.49. The summed E-state index contributed by atoms with van der Waals surface area (Å²) in [5.74, 6) is 0.666. The number of methoxy groups -OCH3 is 1. The number of benzene rings is 2. The van der Waals surface area contributed by atoms with Gasteiger partial charge in [-0.15, -0.1) is 0 Å². The van der Waals surface area contributed by atoms with Crippen molar-refractivity contribution in [2.75, 3.05) is 32.1 Å². The number of nitrogens with one attached hydrogen (secondary N) is 2. The third kappa shape index (κ3) is 6.39. The lowest BCUT2D eigenvalue weighted by atomic mass is 10.1. The fourth-order valence-electron chi connectivity index (χ4n) is 2.80. The summed E-state index contributed by atoms with van der Waals surface area (Å²) in [7, 11) is 1.68. The third-order valence-corrected chi connectivity index (χ3v) is 4.56. The van der Waals surface area contributed by atoms with Gasteiger partial charge >= 0.3 is 0 Å². The molecule has 0 spiro atoms. The molecule has 0 bridgehead atoms. The molecule has 2 aromatic rings. The lowest BCUT2D eigenvalue weighted by Gasteiger charge is -2.20. The van der Waals surface area contributed by atoms with Crippen LogP contribution in [-0.4, -0.2) is 43.3 Å². The van der Waals surface area contributed by atoms with Crippen molar-refractivity contribution in [2.45, 2.75) is 27.3 Å². The number of hydrazone groups is 1. The Morgan fingerprint density at radius 1 is 1.11 bits per heavy atom. The van der Waals surface area contributed by atoms with Gasteiger partial charge in [-0.1, -0.05) is 32.0 Å². The highest BCUT2D eigenvalue weighted by atomic mass is 16.5. The molecular weight excluding hydrogens is 352 g/mol. The van der Waals surface area contributed by atoms with Crippen molar-refractivity contribution in [1.82, 2.24) is 10.3 Å². The predicted molar refractivity (Wildman–Crippen MR) is 115 cm³/mol. The molecule has 6 nitrogen and oxygen atoms in total. The Labute approximate surface area is 167 Å². The standard InChI is InChI=1S/C22H30N4O2/c1-5-26(6-2)16-19-14-18(12-13-21(19)28-4)17(3)24-25-22(27)15-23-20-10-8-7-9-11-20/h7-14,23H,5-6,15-16H2,1-4H3,(H,25,27)/b24-17+. The summed E-state index contributed by atoms with van der Waals surface area (Å²) in [6, 6.07) is 15.6. The lowest BCUT2D eigenvalue weighted by molar-refractivity contribution is -0.119. The SMILES string of the molecule is CCN(CC)Cc1cc(/C(C)=N/NC(=O)CNc2ccccc2)ccc1OC. The Morgan fingerprint density at radius 3 is 2.46 bits per heavy atom. The molecule has 0 unspecified atom stereocenters. The van der Waals surface area contributed by atoms with Crippen LogP contribution in [0, 0.1) is 0 Å². The number of anilines is 1. The summed E-state index contributed by atoms with van der Waals surface area (Å²) in [6.45, 7) is 9.09. The van der Waals surface area contributed by atoms with E-state index >= 15 is 0 Å². The van der Waals surface area contributed by atoms with E-state index in [9.17, 15) is 4.79 Å². The molecule has 0 aliphatic carbocycles. The second-order valence-electron chi connectivity index (χ2n) is 6.44. The lowest BCUT2D eigenvalue weighted by Crippen LogP contribution is -2.26. The van der Waals surface area contributed by atoms with Gasteiger partial charge in [0, 0.05) is 17.8 Å². The molecule has 2 rings (SSSR count). The Bertz CT molecular complexity index is 786. The fraction of sp³-hybridized carbons (Fsp3) is 0.364. The predicted octanol–water partition coefficient (Wildman–Crippen LogP) is 3.49. The van der Waals surface area contributed by atoms with Crippen LogP contribution < -0.4 is 15.5 Å². The molecule has 0 atom stereocenters. The summed E-state index contributed by atoms with van der Waals surface area (Å²) in [5, 5.41) is 7.31. The maximum atomic E-state index is 12.0. The van der Waals surface area contributed by atoms with E-state index in [4.69, 9.17) is 4.74 Å². The van der Waals surface area contributed by atoms with Gasteiger partial charge in [-0.3, -0.25) is 9.69 Å². The zero-order chi connectivity index (χ0) is 20.4. The molecule has 6 heteroatoms.